The Balaban J connectivity index is 0.00000176. The molecule has 0 spiro atoms. The van der Waals surface area contributed by atoms with Crippen molar-refractivity contribution in [3.63, 3.8) is 0 Å². The van der Waals surface area contributed by atoms with E-state index < -0.39 is 5.91 Å². The lowest BCUT2D eigenvalue weighted by Crippen LogP contribution is -2.26. The minimum absolute atomic E-state index is 0.436. The first-order chi connectivity index (χ1) is 17.4. The number of aliphatic imine (C=N–C) groups is 1. The van der Waals surface area contributed by atoms with Crippen molar-refractivity contribution in [2.45, 2.75) is 53.5 Å². The maximum Gasteiger partial charge on any atom is 0.248 e. The Kier molecular flexibility index (Phi) is 9.00. The van der Waals surface area contributed by atoms with Crippen LogP contribution in [0.25, 0.3) is 11.4 Å². The average Bonchev–Trinajstić information content (AvgIpc) is 3.32. The topological polar surface area (TPSA) is 106 Å². The largest absolute Gasteiger partial charge is 0.497 e. The molecule has 3 N–H and O–H groups in total. The summed E-state index contributed by atoms with van der Waals surface area (Å²) in [6.45, 7) is 11.0. The maximum atomic E-state index is 11.4. The molecule has 1 unspecified atom stereocenters. The number of anilines is 3. The molecule has 0 aliphatic carbocycles. The molecule has 2 aromatic carbocycles. The number of nitrogens with two attached hydrogens (primary N) is 1. The van der Waals surface area contributed by atoms with Crippen molar-refractivity contribution < 1.29 is 9.53 Å². The van der Waals surface area contributed by atoms with E-state index in [2.05, 4.69) is 39.2 Å². The van der Waals surface area contributed by atoms with Crippen molar-refractivity contribution >= 4 is 35.0 Å². The number of aryl methyl sites for hydroxylation is 1. The summed E-state index contributed by atoms with van der Waals surface area (Å²) in [5.41, 5.74) is 9.95. The number of primary amides is 1. The molecule has 4 rings (SSSR count). The van der Waals surface area contributed by atoms with Crippen molar-refractivity contribution in [1.29, 1.82) is 0 Å². The highest BCUT2D eigenvalue weighted by Gasteiger charge is 2.22. The molecule has 0 radical (unpaired) electrons. The fraction of sp³-hybridized carbons (Fsp3) is 0.357. The monoisotopic (exact) mass is 488 g/mol. The van der Waals surface area contributed by atoms with Crippen molar-refractivity contribution in [3.05, 3.63) is 53.7 Å². The van der Waals surface area contributed by atoms with Gasteiger partial charge in [0.1, 0.15) is 11.4 Å². The van der Waals surface area contributed by atoms with E-state index in [1.165, 1.54) is 12.8 Å². The zero-order valence-corrected chi connectivity index (χ0v) is 22.0. The molecule has 1 amide bonds. The molecule has 0 saturated carbocycles. The molecule has 1 aromatic heterocycles. The Morgan fingerprint density at radius 1 is 1.19 bits per heavy atom. The van der Waals surface area contributed by atoms with Crippen LogP contribution in [0.1, 0.15) is 56.6 Å². The summed E-state index contributed by atoms with van der Waals surface area (Å²) in [6.07, 6.45) is 4.08. The average molecular weight is 489 g/mol. The number of ether oxygens (including phenoxy) is 1. The third-order valence-corrected chi connectivity index (χ3v) is 6.02. The van der Waals surface area contributed by atoms with Gasteiger partial charge in [-0.05, 0) is 51.8 Å². The number of nitrogens with one attached hydrogen (secondary N) is 1. The van der Waals surface area contributed by atoms with Gasteiger partial charge in [-0.2, -0.15) is 0 Å². The zero-order valence-electron chi connectivity index (χ0n) is 22.0. The molecule has 3 aromatic rings. The Bertz CT molecular complexity index is 1220. The van der Waals surface area contributed by atoms with Gasteiger partial charge in [-0.3, -0.25) is 9.79 Å². The van der Waals surface area contributed by atoms with Crippen LogP contribution in [-0.4, -0.2) is 41.8 Å². The van der Waals surface area contributed by atoms with Crippen molar-refractivity contribution in [2.24, 2.45) is 10.7 Å². The van der Waals surface area contributed by atoms with E-state index in [9.17, 15) is 4.79 Å². The van der Waals surface area contributed by atoms with E-state index in [4.69, 9.17) is 15.5 Å². The summed E-state index contributed by atoms with van der Waals surface area (Å²) in [5.74, 6) is 1.42. The lowest BCUT2D eigenvalue weighted by Gasteiger charge is -2.25. The summed E-state index contributed by atoms with van der Waals surface area (Å²) < 4.78 is 5.59. The third-order valence-electron chi connectivity index (χ3n) is 6.02. The van der Waals surface area contributed by atoms with Crippen LogP contribution >= 0.6 is 0 Å². The molecule has 1 aliphatic rings. The predicted octanol–water partition coefficient (Wildman–Crippen LogP) is 6.04. The Labute approximate surface area is 213 Å². The molecular formula is C28H36N6O2. The quantitative estimate of drug-likeness (QED) is 0.393. The summed E-state index contributed by atoms with van der Waals surface area (Å²) in [5, 5.41) is 3.45. The molecule has 1 fully saturated rings. The highest BCUT2D eigenvalue weighted by Crippen LogP contribution is 2.36. The number of carbonyl (C=O) groups excluding carboxylic acids is 1. The number of hydrogen-bond acceptors (Lipinski definition) is 7. The van der Waals surface area contributed by atoms with Crippen molar-refractivity contribution in [1.82, 2.24) is 9.97 Å². The fourth-order valence-corrected chi connectivity index (χ4v) is 4.24. The fourth-order valence-electron chi connectivity index (χ4n) is 4.24. The first kappa shape index (κ1) is 26.7. The molecule has 190 valence electrons. The molecule has 2 heterocycles. The molecule has 1 aliphatic heterocycles. The molecule has 1 atom stereocenters. The molecular weight excluding hydrogens is 452 g/mol. The second-order valence-electron chi connectivity index (χ2n) is 8.39. The van der Waals surface area contributed by atoms with Crippen LogP contribution in [-0.2, 0) is 0 Å². The Morgan fingerprint density at radius 2 is 1.92 bits per heavy atom. The predicted molar refractivity (Wildman–Crippen MR) is 148 cm³/mol. The van der Waals surface area contributed by atoms with Crippen LogP contribution < -0.4 is 20.7 Å². The van der Waals surface area contributed by atoms with Gasteiger partial charge in [0.2, 0.25) is 5.91 Å². The van der Waals surface area contributed by atoms with E-state index >= 15 is 0 Å². The van der Waals surface area contributed by atoms with Crippen LogP contribution in [0.15, 0.2) is 47.5 Å². The third kappa shape index (κ3) is 6.00. The minimum Gasteiger partial charge on any atom is -0.497 e. The van der Waals surface area contributed by atoms with Crippen LogP contribution in [0, 0.1) is 6.92 Å². The minimum atomic E-state index is -0.472. The summed E-state index contributed by atoms with van der Waals surface area (Å²) in [7, 11) is 1.67. The first-order valence-electron chi connectivity index (χ1n) is 12.4. The number of hydrogen-bond donors (Lipinski definition) is 2. The van der Waals surface area contributed by atoms with Gasteiger partial charge < -0.3 is 20.7 Å². The van der Waals surface area contributed by atoms with Gasteiger partial charge in [0.25, 0.3) is 0 Å². The first-order valence-corrected chi connectivity index (χ1v) is 12.4. The highest BCUT2D eigenvalue weighted by atomic mass is 16.5. The smallest absolute Gasteiger partial charge is 0.248 e. The number of aromatic nitrogens is 2. The number of methoxy groups -OCH3 is 1. The van der Waals surface area contributed by atoms with E-state index in [1.807, 2.05) is 33.8 Å². The summed E-state index contributed by atoms with van der Waals surface area (Å²) in [6, 6.07) is 13.5. The van der Waals surface area contributed by atoms with E-state index in [0.717, 1.165) is 34.9 Å². The molecule has 8 nitrogen and oxygen atoms in total. The van der Waals surface area contributed by atoms with Crippen LogP contribution in [0.2, 0.25) is 0 Å². The standard InChI is InChI=1S/C26H30N6O2.C2H6/c1-5-28-23-17(3)29-25(19-10-8-18(9-11-19)24(27)33)31-26(23)30-20-13-21(15-22(14-20)34-4)32-12-6-7-16(32)2;1-2/h5,8-11,13-16H,6-7,12H2,1-4H3,(H2,27,33)(H,29,30,31);1-2H3. The zero-order chi connectivity index (χ0) is 26.2. The SMILES string of the molecule is CC.CC=Nc1c(C)nc(-c2ccc(C(N)=O)cc2)nc1Nc1cc(OC)cc(N2CCCC2C)c1. The van der Waals surface area contributed by atoms with Gasteiger partial charge in [-0.1, -0.05) is 26.0 Å². The second kappa shape index (κ2) is 12.2. The normalized spacial score (nSPS) is 14.9. The lowest BCUT2D eigenvalue weighted by atomic mass is 10.1. The number of carbonyl (C=O) groups is 1. The number of amides is 1. The Morgan fingerprint density at radius 3 is 2.50 bits per heavy atom. The van der Waals surface area contributed by atoms with Gasteiger partial charge in [0.05, 0.1) is 12.8 Å². The second-order valence-corrected chi connectivity index (χ2v) is 8.39. The number of benzene rings is 2. The molecule has 1 saturated heterocycles. The molecule has 0 bridgehead atoms. The van der Waals surface area contributed by atoms with Crippen LogP contribution in [0.4, 0.5) is 22.9 Å². The van der Waals surface area contributed by atoms with Crippen LogP contribution in [0.3, 0.4) is 0 Å². The molecule has 8 heteroatoms. The van der Waals surface area contributed by atoms with E-state index in [1.54, 1.807) is 37.6 Å². The van der Waals surface area contributed by atoms with Crippen LogP contribution in [0.5, 0.6) is 5.75 Å². The number of nitrogens with zero attached hydrogens (tertiary/aromatic N) is 4. The van der Waals surface area contributed by atoms with Crippen molar-refractivity contribution in [3.8, 4) is 17.1 Å². The summed E-state index contributed by atoms with van der Waals surface area (Å²) in [4.78, 5) is 27.8. The summed E-state index contributed by atoms with van der Waals surface area (Å²) >= 11 is 0. The maximum absolute atomic E-state index is 11.4. The van der Waals surface area contributed by atoms with E-state index in [0.29, 0.717) is 28.9 Å². The van der Waals surface area contributed by atoms with Gasteiger partial charge in [0.15, 0.2) is 11.6 Å². The molecule has 36 heavy (non-hydrogen) atoms. The number of rotatable bonds is 7. The van der Waals surface area contributed by atoms with Gasteiger partial charge in [-0.25, -0.2) is 9.97 Å². The van der Waals surface area contributed by atoms with Crippen molar-refractivity contribution in [2.75, 3.05) is 23.9 Å². The lowest BCUT2D eigenvalue weighted by molar-refractivity contribution is 0.100. The Hall–Kier alpha value is -3.94. The van der Waals surface area contributed by atoms with E-state index in [-0.39, 0.29) is 0 Å². The highest BCUT2D eigenvalue weighted by molar-refractivity contribution is 5.93. The van der Waals surface area contributed by atoms with Gasteiger partial charge in [0, 0.05) is 53.4 Å². The van der Waals surface area contributed by atoms with Gasteiger partial charge >= 0.3 is 0 Å². The van der Waals surface area contributed by atoms with Gasteiger partial charge in [-0.15, -0.1) is 0 Å².